The first-order chi connectivity index (χ1) is 13.8. The molecule has 0 unspecified atom stereocenters. The normalized spacial score (nSPS) is 13.9. The van der Waals surface area contributed by atoms with Crippen LogP contribution in [-0.4, -0.2) is 37.3 Å². The molecule has 2 aromatic carbocycles. The number of anilines is 2. The lowest BCUT2D eigenvalue weighted by molar-refractivity contribution is 0.122. The van der Waals surface area contributed by atoms with E-state index in [9.17, 15) is 4.79 Å². The van der Waals surface area contributed by atoms with Crippen LogP contribution in [0.4, 0.5) is 16.2 Å². The largest absolute Gasteiger partial charge is 0.378 e. The number of morpholine rings is 1. The molecule has 0 aliphatic carbocycles. The highest BCUT2D eigenvalue weighted by Crippen LogP contribution is 2.24. The summed E-state index contributed by atoms with van der Waals surface area (Å²) in [5, 5.41) is 8.66. The molecular formula is C21H22N4O2S. The fourth-order valence-corrected chi connectivity index (χ4v) is 3.74. The number of nitrogens with one attached hydrogen (secondary N) is 2. The first-order valence-electron chi connectivity index (χ1n) is 9.24. The molecule has 0 bridgehead atoms. The number of carbonyl (C=O) groups excluding carboxylic acids is 1. The fraction of sp³-hybridized carbons (Fsp3) is 0.238. The molecule has 2 heterocycles. The van der Waals surface area contributed by atoms with Gasteiger partial charge in [0, 0.05) is 48.1 Å². The molecule has 7 heteroatoms. The first kappa shape index (κ1) is 18.5. The lowest BCUT2D eigenvalue weighted by atomic mass is 10.2. The molecule has 0 atom stereocenters. The molecule has 6 nitrogen and oxygen atoms in total. The monoisotopic (exact) mass is 394 g/mol. The number of hydrogen-bond acceptors (Lipinski definition) is 5. The van der Waals surface area contributed by atoms with Gasteiger partial charge in [-0.15, -0.1) is 11.3 Å². The summed E-state index contributed by atoms with van der Waals surface area (Å²) in [6.07, 6.45) is 1.77. The molecule has 3 aromatic rings. The fourth-order valence-electron chi connectivity index (χ4n) is 3.10. The SMILES string of the molecule is O=C(NCc1ccc(N2CCOCC2)cc1)Nc1cccc(-c2nccs2)c1. The van der Waals surface area contributed by atoms with E-state index in [2.05, 4.69) is 32.7 Å². The van der Waals surface area contributed by atoms with Crippen molar-refractivity contribution in [3.8, 4) is 10.6 Å². The van der Waals surface area contributed by atoms with E-state index in [4.69, 9.17) is 4.74 Å². The minimum atomic E-state index is -0.228. The van der Waals surface area contributed by atoms with E-state index in [1.807, 2.05) is 41.8 Å². The van der Waals surface area contributed by atoms with Crippen LogP contribution in [-0.2, 0) is 11.3 Å². The van der Waals surface area contributed by atoms with Crippen LogP contribution in [0.3, 0.4) is 0 Å². The van der Waals surface area contributed by atoms with Gasteiger partial charge < -0.3 is 20.3 Å². The molecule has 4 rings (SSSR count). The topological polar surface area (TPSA) is 66.5 Å². The average Bonchev–Trinajstić information content (AvgIpc) is 3.29. The third kappa shape index (κ3) is 4.68. The van der Waals surface area contributed by atoms with Crippen molar-refractivity contribution in [3.63, 3.8) is 0 Å². The second-order valence-electron chi connectivity index (χ2n) is 6.49. The maximum absolute atomic E-state index is 12.2. The van der Waals surface area contributed by atoms with Crippen molar-refractivity contribution in [2.75, 3.05) is 36.5 Å². The predicted molar refractivity (Wildman–Crippen MR) is 113 cm³/mol. The number of benzene rings is 2. The summed E-state index contributed by atoms with van der Waals surface area (Å²) in [5.74, 6) is 0. The number of urea groups is 1. The maximum Gasteiger partial charge on any atom is 0.319 e. The van der Waals surface area contributed by atoms with Gasteiger partial charge in [0.2, 0.25) is 0 Å². The van der Waals surface area contributed by atoms with Gasteiger partial charge in [0.1, 0.15) is 5.01 Å². The second kappa shape index (κ2) is 8.86. The quantitative estimate of drug-likeness (QED) is 0.687. The first-order valence-corrected chi connectivity index (χ1v) is 10.1. The summed E-state index contributed by atoms with van der Waals surface area (Å²) in [4.78, 5) is 18.9. The summed E-state index contributed by atoms with van der Waals surface area (Å²) >= 11 is 1.57. The van der Waals surface area contributed by atoms with Gasteiger partial charge in [-0.05, 0) is 29.8 Å². The number of thiazole rings is 1. The second-order valence-corrected chi connectivity index (χ2v) is 7.39. The molecule has 1 fully saturated rings. The Morgan fingerprint density at radius 2 is 1.96 bits per heavy atom. The predicted octanol–water partition coefficient (Wildman–Crippen LogP) is 3.97. The zero-order valence-electron chi connectivity index (χ0n) is 15.4. The highest BCUT2D eigenvalue weighted by molar-refractivity contribution is 7.13. The van der Waals surface area contributed by atoms with E-state index in [1.165, 1.54) is 5.69 Å². The summed E-state index contributed by atoms with van der Waals surface area (Å²) in [7, 11) is 0. The van der Waals surface area contributed by atoms with Crippen molar-refractivity contribution in [2.24, 2.45) is 0 Å². The molecule has 2 amide bonds. The number of amides is 2. The Bertz CT molecular complexity index is 906. The van der Waals surface area contributed by atoms with E-state index >= 15 is 0 Å². The van der Waals surface area contributed by atoms with Crippen molar-refractivity contribution in [3.05, 3.63) is 65.7 Å². The van der Waals surface area contributed by atoms with Crippen LogP contribution in [0.2, 0.25) is 0 Å². The van der Waals surface area contributed by atoms with Crippen LogP contribution in [0.5, 0.6) is 0 Å². The Kier molecular flexibility index (Phi) is 5.84. The molecule has 0 saturated carbocycles. The van der Waals surface area contributed by atoms with Crippen molar-refractivity contribution < 1.29 is 9.53 Å². The van der Waals surface area contributed by atoms with Crippen LogP contribution in [0, 0.1) is 0 Å². The van der Waals surface area contributed by atoms with Gasteiger partial charge in [-0.2, -0.15) is 0 Å². The Balaban J connectivity index is 1.30. The van der Waals surface area contributed by atoms with Crippen molar-refractivity contribution >= 4 is 28.7 Å². The minimum absolute atomic E-state index is 0.228. The Morgan fingerprint density at radius 3 is 2.71 bits per heavy atom. The average molecular weight is 395 g/mol. The number of hydrogen-bond donors (Lipinski definition) is 2. The van der Waals surface area contributed by atoms with Gasteiger partial charge in [0.05, 0.1) is 13.2 Å². The zero-order chi connectivity index (χ0) is 19.2. The zero-order valence-corrected chi connectivity index (χ0v) is 16.2. The molecule has 0 spiro atoms. The molecule has 1 aromatic heterocycles. The van der Waals surface area contributed by atoms with Crippen LogP contribution < -0.4 is 15.5 Å². The summed E-state index contributed by atoms with van der Waals surface area (Å²) in [6.45, 7) is 3.85. The minimum Gasteiger partial charge on any atom is -0.378 e. The van der Waals surface area contributed by atoms with Gasteiger partial charge >= 0.3 is 6.03 Å². The summed E-state index contributed by atoms with van der Waals surface area (Å²) in [5.41, 5.74) is 3.98. The van der Waals surface area contributed by atoms with Crippen molar-refractivity contribution in [1.29, 1.82) is 0 Å². The Labute approximate surface area is 168 Å². The van der Waals surface area contributed by atoms with Gasteiger partial charge in [-0.25, -0.2) is 9.78 Å². The standard InChI is InChI=1S/C21H22N4O2S/c26-21(24-18-3-1-2-17(14-18)20-22-8-13-28-20)23-15-16-4-6-19(7-5-16)25-9-11-27-12-10-25/h1-8,13-14H,9-12,15H2,(H2,23,24,26). The molecular weight excluding hydrogens is 372 g/mol. The smallest absolute Gasteiger partial charge is 0.319 e. The Morgan fingerprint density at radius 1 is 1.14 bits per heavy atom. The van der Waals surface area contributed by atoms with Crippen LogP contribution in [0.15, 0.2) is 60.1 Å². The number of aromatic nitrogens is 1. The van der Waals surface area contributed by atoms with E-state index in [0.29, 0.717) is 6.54 Å². The van der Waals surface area contributed by atoms with Gasteiger partial charge in [-0.3, -0.25) is 0 Å². The molecule has 144 valence electrons. The van der Waals surface area contributed by atoms with Gasteiger partial charge in [0.25, 0.3) is 0 Å². The highest BCUT2D eigenvalue weighted by Gasteiger charge is 2.11. The summed E-state index contributed by atoms with van der Waals surface area (Å²) < 4.78 is 5.39. The van der Waals surface area contributed by atoms with Crippen LogP contribution in [0.1, 0.15) is 5.56 Å². The van der Waals surface area contributed by atoms with Gasteiger partial charge in [-0.1, -0.05) is 24.3 Å². The van der Waals surface area contributed by atoms with Crippen LogP contribution >= 0.6 is 11.3 Å². The lowest BCUT2D eigenvalue weighted by Gasteiger charge is -2.28. The number of ether oxygens (including phenoxy) is 1. The van der Waals surface area contributed by atoms with Crippen molar-refractivity contribution in [2.45, 2.75) is 6.54 Å². The molecule has 28 heavy (non-hydrogen) atoms. The van der Waals surface area contributed by atoms with E-state index in [-0.39, 0.29) is 6.03 Å². The third-order valence-corrected chi connectivity index (χ3v) is 5.39. The molecule has 2 N–H and O–H groups in total. The van der Waals surface area contributed by atoms with Gasteiger partial charge in [0.15, 0.2) is 0 Å². The number of nitrogens with zero attached hydrogens (tertiary/aromatic N) is 2. The maximum atomic E-state index is 12.2. The number of carbonyl (C=O) groups is 1. The highest BCUT2D eigenvalue weighted by atomic mass is 32.1. The number of rotatable bonds is 5. The molecule has 1 aliphatic rings. The van der Waals surface area contributed by atoms with E-state index in [1.54, 1.807) is 17.5 Å². The van der Waals surface area contributed by atoms with E-state index < -0.39 is 0 Å². The molecule has 1 aliphatic heterocycles. The third-order valence-electron chi connectivity index (χ3n) is 4.57. The van der Waals surface area contributed by atoms with E-state index in [0.717, 1.165) is 48.1 Å². The van der Waals surface area contributed by atoms with Crippen molar-refractivity contribution in [1.82, 2.24) is 10.3 Å². The summed E-state index contributed by atoms with van der Waals surface area (Å²) in [6, 6.07) is 15.8. The Hall–Kier alpha value is -2.90. The molecule has 0 radical (unpaired) electrons. The van der Waals surface area contributed by atoms with Crippen LogP contribution in [0.25, 0.3) is 10.6 Å². The lowest BCUT2D eigenvalue weighted by Crippen LogP contribution is -2.36. The molecule has 1 saturated heterocycles.